The van der Waals surface area contributed by atoms with E-state index in [-0.39, 0.29) is 0 Å². The maximum atomic E-state index is 11.0. The van der Waals surface area contributed by atoms with Crippen LogP contribution in [0.3, 0.4) is 0 Å². The number of carbonyl (C=O) groups is 1. The van der Waals surface area contributed by atoms with E-state index in [1.165, 1.54) is 0 Å². The lowest BCUT2D eigenvalue weighted by atomic mass is 9.82. The molecular weight excluding hydrogens is 264 g/mol. The van der Waals surface area contributed by atoms with E-state index < -0.39 is 5.91 Å². The minimum atomic E-state index is -0.469. The minimum absolute atomic E-state index is 0.324. The van der Waals surface area contributed by atoms with Crippen molar-refractivity contribution in [2.24, 2.45) is 11.7 Å². The topological polar surface area (TPSA) is 64.3 Å². The molecule has 0 spiro atoms. The van der Waals surface area contributed by atoms with E-state index in [4.69, 9.17) is 22.1 Å². The fraction of sp³-hybridized carbons (Fsp3) is 0.500. The summed E-state index contributed by atoms with van der Waals surface area (Å²) in [7, 11) is 1.97. The molecule has 1 fully saturated rings. The first-order valence-corrected chi connectivity index (χ1v) is 6.82. The lowest BCUT2D eigenvalue weighted by Crippen LogP contribution is -2.36. The van der Waals surface area contributed by atoms with Gasteiger partial charge in [0.1, 0.15) is 0 Å². The summed E-state index contributed by atoms with van der Waals surface area (Å²) in [6, 6.07) is 5.07. The summed E-state index contributed by atoms with van der Waals surface area (Å²) in [5.41, 5.74) is 6.51. The molecule has 104 valence electrons. The number of hydrogen-bond donors (Lipinski definition) is 2. The van der Waals surface area contributed by atoms with Crippen LogP contribution >= 0.6 is 11.6 Å². The lowest BCUT2D eigenvalue weighted by Gasteiger charge is -2.35. The van der Waals surface area contributed by atoms with Crippen LogP contribution in [0.1, 0.15) is 28.8 Å². The van der Waals surface area contributed by atoms with Crippen LogP contribution in [0.15, 0.2) is 18.2 Å². The van der Waals surface area contributed by atoms with Gasteiger partial charge in [-0.15, -0.1) is 0 Å². The Morgan fingerprint density at radius 1 is 1.53 bits per heavy atom. The lowest BCUT2D eigenvalue weighted by molar-refractivity contribution is -0.0391. The van der Waals surface area contributed by atoms with E-state index in [0.717, 1.165) is 30.9 Å². The smallest absolute Gasteiger partial charge is 0.248 e. The third kappa shape index (κ3) is 3.69. The van der Waals surface area contributed by atoms with Crippen LogP contribution in [0.5, 0.6) is 0 Å². The largest absolute Gasteiger partial charge is 0.373 e. The van der Waals surface area contributed by atoms with Gasteiger partial charge in [-0.1, -0.05) is 17.7 Å². The number of benzene rings is 1. The average molecular weight is 283 g/mol. The summed E-state index contributed by atoms with van der Waals surface area (Å²) < 4.78 is 5.79. The fourth-order valence-corrected chi connectivity index (χ4v) is 2.53. The summed E-state index contributed by atoms with van der Waals surface area (Å²) in [5.74, 6) is 0.256. The van der Waals surface area contributed by atoms with Crippen LogP contribution in [-0.4, -0.2) is 25.6 Å². The highest BCUT2D eigenvalue weighted by molar-refractivity contribution is 6.31. The highest BCUT2D eigenvalue weighted by Gasteiger charge is 2.29. The quantitative estimate of drug-likeness (QED) is 0.838. The van der Waals surface area contributed by atoms with Crippen molar-refractivity contribution in [2.45, 2.75) is 25.6 Å². The zero-order valence-corrected chi connectivity index (χ0v) is 11.7. The Labute approximate surface area is 118 Å². The zero-order chi connectivity index (χ0) is 13.8. The molecule has 1 amide bonds. The molecule has 1 saturated carbocycles. The summed E-state index contributed by atoms with van der Waals surface area (Å²) in [6.07, 6.45) is 2.51. The van der Waals surface area contributed by atoms with Crippen LogP contribution < -0.4 is 11.1 Å². The summed E-state index contributed by atoms with van der Waals surface area (Å²) >= 11 is 6.10. The molecule has 0 bridgehead atoms. The molecule has 0 aliphatic heterocycles. The van der Waals surface area contributed by atoms with Gasteiger partial charge in [-0.2, -0.15) is 0 Å². The van der Waals surface area contributed by atoms with E-state index in [0.29, 0.717) is 23.3 Å². The van der Waals surface area contributed by atoms with Crippen molar-refractivity contribution >= 4 is 17.5 Å². The van der Waals surface area contributed by atoms with Gasteiger partial charge in [-0.05, 0) is 50.0 Å². The first-order valence-electron chi connectivity index (χ1n) is 6.44. The molecule has 0 heterocycles. The van der Waals surface area contributed by atoms with Gasteiger partial charge in [0.25, 0.3) is 0 Å². The number of rotatable bonds is 6. The molecule has 0 aromatic heterocycles. The Kier molecular flexibility index (Phi) is 4.80. The van der Waals surface area contributed by atoms with Gasteiger partial charge in [0, 0.05) is 10.6 Å². The van der Waals surface area contributed by atoms with Gasteiger partial charge < -0.3 is 15.8 Å². The second kappa shape index (κ2) is 6.37. The van der Waals surface area contributed by atoms with Crippen molar-refractivity contribution in [2.75, 3.05) is 13.6 Å². The van der Waals surface area contributed by atoms with Crippen LogP contribution in [0.2, 0.25) is 5.02 Å². The van der Waals surface area contributed by atoms with Crippen molar-refractivity contribution in [3.63, 3.8) is 0 Å². The number of amides is 1. The van der Waals surface area contributed by atoms with Crippen molar-refractivity contribution in [3.05, 3.63) is 34.3 Å². The summed E-state index contributed by atoms with van der Waals surface area (Å²) in [6.45, 7) is 1.53. The fourth-order valence-electron chi connectivity index (χ4n) is 2.29. The van der Waals surface area contributed by atoms with Gasteiger partial charge in [-0.25, -0.2) is 0 Å². The molecule has 0 atom stereocenters. The number of halogens is 1. The van der Waals surface area contributed by atoms with Gasteiger partial charge in [0.15, 0.2) is 0 Å². The number of carbonyl (C=O) groups excluding carboxylic acids is 1. The van der Waals surface area contributed by atoms with Gasteiger partial charge in [-0.3, -0.25) is 4.79 Å². The predicted molar refractivity (Wildman–Crippen MR) is 75.2 cm³/mol. The number of hydrogen-bond acceptors (Lipinski definition) is 3. The molecular formula is C14H19ClN2O2. The van der Waals surface area contributed by atoms with E-state index in [1.807, 2.05) is 7.05 Å². The van der Waals surface area contributed by atoms with Gasteiger partial charge in [0.05, 0.1) is 12.7 Å². The van der Waals surface area contributed by atoms with Crippen molar-refractivity contribution in [3.8, 4) is 0 Å². The van der Waals surface area contributed by atoms with E-state index in [1.54, 1.807) is 18.2 Å². The van der Waals surface area contributed by atoms with Gasteiger partial charge >= 0.3 is 0 Å². The second-order valence-electron chi connectivity index (χ2n) is 5.00. The molecule has 19 heavy (non-hydrogen) atoms. The highest BCUT2D eigenvalue weighted by Crippen LogP contribution is 2.30. The van der Waals surface area contributed by atoms with Crippen LogP contribution in [0.25, 0.3) is 0 Å². The standard InChI is InChI=1S/C14H19ClN2O2/c1-17-7-9-4-12(5-9)19-8-11-3-2-10(14(16)18)6-13(11)15/h2-3,6,9,12,17H,4-5,7-8H2,1H3,(H2,16,18). The first-order chi connectivity index (χ1) is 9.10. The normalized spacial score (nSPS) is 22.0. The molecule has 2 rings (SSSR count). The Morgan fingerprint density at radius 3 is 2.84 bits per heavy atom. The Hall–Kier alpha value is -1.10. The molecule has 0 saturated heterocycles. The number of primary amides is 1. The molecule has 1 aliphatic carbocycles. The summed E-state index contributed by atoms with van der Waals surface area (Å²) in [4.78, 5) is 11.0. The maximum absolute atomic E-state index is 11.0. The van der Waals surface area contributed by atoms with E-state index >= 15 is 0 Å². The SMILES string of the molecule is CNCC1CC(OCc2ccc(C(N)=O)cc2Cl)C1. The molecule has 1 aromatic rings. The van der Waals surface area contributed by atoms with Crippen LogP contribution in [0.4, 0.5) is 0 Å². The van der Waals surface area contributed by atoms with Crippen LogP contribution in [0, 0.1) is 5.92 Å². The first kappa shape index (κ1) is 14.3. The Balaban J connectivity index is 1.82. The summed E-state index contributed by atoms with van der Waals surface area (Å²) in [5, 5.41) is 3.70. The van der Waals surface area contributed by atoms with Crippen molar-refractivity contribution < 1.29 is 9.53 Å². The van der Waals surface area contributed by atoms with Crippen molar-refractivity contribution in [1.29, 1.82) is 0 Å². The highest BCUT2D eigenvalue weighted by atomic mass is 35.5. The van der Waals surface area contributed by atoms with Crippen molar-refractivity contribution in [1.82, 2.24) is 5.32 Å². The van der Waals surface area contributed by atoms with Gasteiger partial charge in [0.2, 0.25) is 5.91 Å². The van der Waals surface area contributed by atoms with E-state index in [2.05, 4.69) is 5.32 Å². The van der Waals surface area contributed by atoms with Crippen LogP contribution in [-0.2, 0) is 11.3 Å². The average Bonchev–Trinajstić information content (AvgIpc) is 2.33. The monoisotopic (exact) mass is 282 g/mol. The molecule has 0 radical (unpaired) electrons. The predicted octanol–water partition coefficient (Wildman–Crippen LogP) is 1.95. The molecule has 1 aromatic carbocycles. The second-order valence-corrected chi connectivity index (χ2v) is 5.41. The molecule has 0 unspecified atom stereocenters. The third-order valence-electron chi connectivity index (χ3n) is 3.50. The Bertz CT molecular complexity index is 459. The number of nitrogens with one attached hydrogen (secondary N) is 1. The number of nitrogens with two attached hydrogens (primary N) is 1. The molecule has 1 aliphatic rings. The zero-order valence-electron chi connectivity index (χ0n) is 11.0. The molecule has 5 heteroatoms. The number of ether oxygens (including phenoxy) is 1. The minimum Gasteiger partial charge on any atom is -0.373 e. The third-order valence-corrected chi connectivity index (χ3v) is 3.85. The van der Waals surface area contributed by atoms with E-state index in [9.17, 15) is 4.79 Å². The molecule has 3 N–H and O–H groups in total. The molecule has 4 nitrogen and oxygen atoms in total. The maximum Gasteiger partial charge on any atom is 0.248 e. The Morgan fingerprint density at radius 2 is 2.26 bits per heavy atom.